The van der Waals surface area contributed by atoms with Crippen LogP contribution in [0.2, 0.25) is 0 Å². The molecular formula is C67H107NO8. The topological polar surface area (TPSA) is 111 Å². The lowest BCUT2D eigenvalue weighted by molar-refractivity contribution is -0.870. The molecule has 76 heavy (non-hydrogen) atoms. The maximum absolute atomic E-state index is 12.9. The van der Waals surface area contributed by atoms with E-state index in [-0.39, 0.29) is 38.6 Å². The second-order valence-electron chi connectivity index (χ2n) is 20.2. The number of quaternary nitrogens is 1. The second kappa shape index (κ2) is 56.4. The normalized spacial score (nSPS) is 13.9. The van der Waals surface area contributed by atoms with Crippen LogP contribution >= 0.6 is 0 Å². The van der Waals surface area contributed by atoms with Gasteiger partial charge in [0.2, 0.25) is 0 Å². The number of esters is 2. The minimum absolute atomic E-state index is 0.129. The van der Waals surface area contributed by atoms with E-state index in [9.17, 15) is 19.5 Å². The Labute approximate surface area is 464 Å². The van der Waals surface area contributed by atoms with E-state index in [0.29, 0.717) is 17.4 Å². The Hall–Kier alpha value is -4.83. The van der Waals surface area contributed by atoms with Crippen LogP contribution in [0.25, 0.3) is 0 Å². The molecule has 0 bridgehead atoms. The number of aliphatic carboxylic acids is 1. The molecule has 0 saturated heterocycles. The molecule has 0 aliphatic heterocycles. The zero-order chi connectivity index (χ0) is 55.5. The van der Waals surface area contributed by atoms with Crippen molar-refractivity contribution in [3.8, 4) is 0 Å². The van der Waals surface area contributed by atoms with E-state index >= 15 is 0 Å². The van der Waals surface area contributed by atoms with E-state index in [1.807, 2.05) is 21.1 Å². The van der Waals surface area contributed by atoms with Gasteiger partial charge in [0, 0.05) is 12.8 Å². The summed E-state index contributed by atoms with van der Waals surface area (Å²) in [5.41, 5.74) is 0. The van der Waals surface area contributed by atoms with Gasteiger partial charge in [-0.15, -0.1) is 0 Å². The van der Waals surface area contributed by atoms with E-state index in [1.54, 1.807) is 0 Å². The molecule has 0 aliphatic carbocycles. The third kappa shape index (κ3) is 56.9. The molecule has 2 atom stereocenters. The number of nitrogens with zero attached hydrogens (tertiary/aromatic N) is 1. The maximum Gasteiger partial charge on any atom is 0.306 e. The summed E-state index contributed by atoms with van der Waals surface area (Å²) in [7, 11) is 5.89. The van der Waals surface area contributed by atoms with E-state index in [1.165, 1.54) is 51.4 Å². The molecule has 0 aromatic rings. The number of unbranched alkanes of at least 4 members (excludes halogenated alkanes) is 13. The molecule has 0 N–H and O–H groups in total. The Balaban J connectivity index is 4.39. The van der Waals surface area contributed by atoms with Crippen LogP contribution in [0.15, 0.2) is 146 Å². The SMILES string of the molecule is CC/C=C\C/C=C\C/C=C\C/C=C\C/C=C\C/C=C\C/C=C\C/C=C\C/C=C\C/C=C\CCCCC(=O)OC(COC(=O)CCCCCCCCC/C=C\C/C=C\CCCCCC)COC(OCC[N+](C)(C)C)C(=O)[O-]. The highest BCUT2D eigenvalue weighted by Gasteiger charge is 2.22. The molecule has 0 aliphatic rings. The number of hydrogen-bond acceptors (Lipinski definition) is 8. The Morgan fingerprint density at radius 3 is 1.14 bits per heavy atom. The summed E-state index contributed by atoms with van der Waals surface area (Å²) >= 11 is 0. The molecule has 0 radical (unpaired) electrons. The first-order valence-corrected chi connectivity index (χ1v) is 29.5. The second-order valence-corrected chi connectivity index (χ2v) is 20.2. The van der Waals surface area contributed by atoms with Gasteiger partial charge in [0.15, 0.2) is 12.4 Å². The van der Waals surface area contributed by atoms with Crippen LogP contribution in [0.1, 0.15) is 200 Å². The lowest BCUT2D eigenvalue weighted by atomic mass is 10.1. The molecule has 2 unspecified atom stereocenters. The van der Waals surface area contributed by atoms with Crippen molar-refractivity contribution in [2.75, 3.05) is 47.5 Å². The predicted octanol–water partition coefficient (Wildman–Crippen LogP) is 16.3. The fraction of sp³-hybridized carbons (Fsp3) is 0.597. The molecule has 0 heterocycles. The number of carboxylic acid groups (broad SMARTS) is 1. The van der Waals surface area contributed by atoms with Crippen LogP contribution in [0, 0.1) is 0 Å². The van der Waals surface area contributed by atoms with Gasteiger partial charge in [-0.1, -0.05) is 211 Å². The maximum atomic E-state index is 12.9. The lowest BCUT2D eigenvalue weighted by Gasteiger charge is -2.26. The van der Waals surface area contributed by atoms with Gasteiger partial charge in [-0.25, -0.2) is 0 Å². The van der Waals surface area contributed by atoms with Crippen molar-refractivity contribution in [2.24, 2.45) is 0 Å². The predicted molar refractivity (Wildman–Crippen MR) is 319 cm³/mol. The van der Waals surface area contributed by atoms with E-state index in [2.05, 4.69) is 160 Å². The minimum atomic E-state index is -1.65. The average Bonchev–Trinajstić information content (AvgIpc) is 3.39. The third-order valence-electron chi connectivity index (χ3n) is 11.8. The molecule has 0 aromatic carbocycles. The Kier molecular flexibility index (Phi) is 52.8. The molecular weight excluding hydrogens is 947 g/mol. The number of carbonyl (C=O) groups excluding carboxylic acids is 3. The number of ether oxygens (including phenoxy) is 4. The van der Waals surface area contributed by atoms with Crippen molar-refractivity contribution < 1.29 is 42.9 Å². The van der Waals surface area contributed by atoms with Crippen molar-refractivity contribution in [1.82, 2.24) is 0 Å². The van der Waals surface area contributed by atoms with Crippen LogP contribution in [-0.2, 0) is 33.3 Å². The summed E-state index contributed by atoms with van der Waals surface area (Å²) in [4.78, 5) is 37.3. The quantitative estimate of drug-likeness (QED) is 0.0195. The molecule has 9 nitrogen and oxygen atoms in total. The third-order valence-corrected chi connectivity index (χ3v) is 11.8. The standard InChI is InChI=1S/C67H107NO8/c1-6-8-10-12-14-16-18-20-22-24-26-27-28-29-30-31-32-33-34-35-36-37-38-39-40-42-44-46-48-50-52-54-56-58-65(70)76-63(62-75-67(66(71)72)73-60-59-68(3,4)5)61-74-64(69)57-55-53-51-49-47-45-43-41-25-23-21-19-17-15-13-11-9-7-2/h8,10,14,16-17,19-20,22-23,25-27,29-30,32-33,35-36,38-39,42,44,48,50,63,67H,6-7,9,11-13,15,18,21,24,28,31,34,37,40-41,43,45-47,49,51-62H2,1-5H3/b10-8-,16-14-,19-17-,22-20-,25-23-,27-26-,30-29-,33-32-,36-35-,39-38-,44-42-,50-48-. The first-order chi connectivity index (χ1) is 37.1. The first kappa shape index (κ1) is 71.2. The minimum Gasteiger partial charge on any atom is -0.545 e. The first-order valence-electron chi connectivity index (χ1n) is 29.5. The summed E-state index contributed by atoms with van der Waals surface area (Å²) in [6, 6.07) is 0. The summed E-state index contributed by atoms with van der Waals surface area (Å²) in [5.74, 6) is -2.37. The van der Waals surface area contributed by atoms with Crippen LogP contribution in [0.5, 0.6) is 0 Å². The highest BCUT2D eigenvalue weighted by Crippen LogP contribution is 2.13. The van der Waals surface area contributed by atoms with Gasteiger partial charge < -0.3 is 33.3 Å². The Morgan fingerprint density at radius 2 is 0.750 bits per heavy atom. The monoisotopic (exact) mass is 1050 g/mol. The van der Waals surface area contributed by atoms with Gasteiger partial charge in [-0.2, -0.15) is 0 Å². The molecule has 0 amide bonds. The summed E-state index contributed by atoms with van der Waals surface area (Å²) in [6.07, 6.45) is 79.0. The molecule has 428 valence electrons. The van der Waals surface area contributed by atoms with Gasteiger partial charge in [-0.3, -0.25) is 9.59 Å². The molecule has 0 saturated carbocycles. The number of likely N-dealkylation sites (N-methyl/N-ethyl adjacent to an activating group) is 1. The van der Waals surface area contributed by atoms with E-state index < -0.39 is 24.3 Å². The number of hydrogen-bond donors (Lipinski definition) is 0. The average molecular weight is 1050 g/mol. The Morgan fingerprint density at radius 1 is 0.408 bits per heavy atom. The van der Waals surface area contributed by atoms with Crippen LogP contribution < -0.4 is 5.11 Å². The van der Waals surface area contributed by atoms with E-state index in [0.717, 1.165) is 116 Å². The highest BCUT2D eigenvalue weighted by molar-refractivity contribution is 5.70. The summed E-state index contributed by atoms with van der Waals surface area (Å²) in [5, 5.41) is 11.8. The summed E-state index contributed by atoms with van der Waals surface area (Å²) in [6.45, 7) is 4.53. The van der Waals surface area contributed by atoms with Gasteiger partial charge in [0.05, 0.1) is 40.3 Å². The number of carboxylic acids is 1. The Bertz CT molecular complexity index is 1750. The fourth-order valence-electron chi connectivity index (χ4n) is 7.30. The zero-order valence-electron chi connectivity index (χ0n) is 48.6. The molecule has 0 aromatic heterocycles. The fourth-order valence-corrected chi connectivity index (χ4v) is 7.30. The van der Waals surface area contributed by atoms with Crippen molar-refractivity contribution in [1.29, 1.82) is 0 Å². The number of allylic oxidation sites excluding steroid dienone is 24. The van der Waals surface area contributed by atoms with Gasteiger partial charge in [0.25, 0.3) is 0 Å². The lowest BCUT2D eigenvalue weighted by Crippen LogP contribution is -2.44. The molecule has 0 spiro atoms. The number of carbonyl (C=O) groups is 3. The van der Waals surface area contributed by atoms with E-state index in [4.69, 9.17) is 18.9 Å². The van der Waals surface area contributed by atoms with Crippen molar-refractivity contribution in [3.05, 3.63) is 146 Å². The molecule has 0 fully saturated rings. The van der Waals surface area contributed by atoms with Crippen LogP contribution in [-0.4, -0.2) is 82.3 Å². The molecule has 9 heteroatoms. The van der Waals surface area contributed by atoms with Crippen LogP contribution in [0.3, 0.4) is 0 Å². The van der Waals surface area contributed by atoms with Gasteiger partial charge in [-0.05, 0) is 122 Å². The largest absolute Gasteiger partial charge is 0.545 e. The van der Waals surface area contributed by atoms with Gasteiger partial charge in [0.1, 0.15) is 13.2 Å². The van der Waals surface area contributed by atoms with Crippen molar-refractivity contribution in [3.63, 3.8) is 0 Å². The highest BCUT2D eigenvalue weighted by atomic mass is 16.7. The van der Waals surface area contributed by atoms with Crippen molar-refractivity contribution in [2.45, 2.75) is 212 Å². The van der Waals surface area contributed by atoms with Crippen molar-refractivity contribution >= 4 is 17.9 Å². The summed E-state index contributed by atoms with van der Waals surface area (Å²) < 4.78 is 22.6. The number of rotatable bonds is 52. The van der Waals surface area contributed by atoms with Gasteiger partial charge >= 0.3 is 11.9 Å². The smallest absolute Gasteiger partial charge is 0.306 e. The van der Waals surface area contributed by atoms with Crippen LogP contribution in [0.4, 0.5) is 0 Å². The molecule has 0 rings (SSSR count). The zero-order valence-corrected chi connectivity index (χ0v) is 48.6.